The molecule has 1 unspecified atom stereocenters. The minimum Gasteiger partial charge on any atom is -0.495 e. The Morgan fingerprint density at radius 1 is 1.33 bits per heavy atom. The molecule has 0 aromatic heterocycles. The van der Waals surface area contributed by atoms with Crippen LogP contribution in [0.3, 0.4) is 0 Å². The van der Waals surface area contributed by atoms with Crippen molar-refractivity contribution in [3.8, 4) is 5.75 Å². The number of rotatable bonds is 5. The summed E-state index contributed by atoms with van der Waals surface area (Å²) in [5.41, 5.74) is 1.18. The van der Waals surface area contributed by atoms with Gasteiger partial charge < -0.3 is 20.7 Å². The Hall–Kier alpha value is -2.08. The Kier molecular flexibility index (Phi) is 4.80. The predicted octanol–water partition coefficient (Wildman–Crippen LogP) is 1.45. The van der Waals surface area contributed by atoms with Gasteiger partial charge in [0.25, 0.3) is 0 Å². The van der Waals surface area contributed by atoms with E-state index in [1.165, 1.54) is 6.92 Å². The molecular weight excluding hydrogens is 270 g/mol. The molecule has 2 rings (SSSR count). The van der Waals surface area contributed by atoms with Crippen LogP contribution in [-0.2, 0) is 9.59 Å². The number of hydrogen-bond acceptors (Lipinski definition) is 4. The zero-order chi connectivity index (χ0) is 15.4. The molecule has 1 heterocycles. The first-order valence-electron chi connectivity index (χ1n) is 6.98. The van der Waals surface area contributed by atoms with E-state index in [0.29, 0.717) is 23.0 Å². The van der Waals surface area contributed by atoms with Crippen LogP contribution in [0.25, 0.3) is 0 Å². The van der Waals surface area contributed by atoms with Crippen LogP contribution in [0.5, 0.6) is 5.75 Å². The monoisotopic (exact) mass is 291 g/mol. The lowest BCUT2D eigenvalue weighted by atomic mass is 9.88. The first-order valence-corrected chi connectivity index (χ1v) is 6.98. The summed E-state index contributed by atoms with van der Waals surface area (Å²) >= 11 is 0. The lowest BCUT2D eigenvalue weighted by Crippen LogP contribution is -2.48. The molecule has 3 N–H and O–H groups in total. The molecule has 21 heavy (non-hydrogen) atoms. The van der Waals surface area contributed by atoms with E-state index >= 15 is 0 Å². The Morgan fingerprint density at radius 2 is 2.05 bits per heavy atom. The third kappa shape index (κ3) is 3.72. The highest BCUT2D eigenvalue weighted by atomic mass is 16.5. The van der Waals surface area contributed by atoms with E-state index in [1.54, 1.807) is 25.3 Å². The number of methoxy groups -OCH3 is 1. The molecule has 1 atom stereocenters. The number of carbonyl (C=O) groups excluding carboxylic acids is 2. The molecule has 2 amide bonds. The third-order valence-electron chi connectivity index (χ3n) is 3.71. The molecule has 0 saturated carbocycles. The van der Waals surface area contributed by atoms with Crippen molar-refractivity contribution in [2.75, 3.05) is 30.8 Å². The third-order valence-corrected chi connectivity index (χ3v) is 3.71. The predicted molar refractivity (Wildman–Crippen MR) is 81.5 cm³/mol. The minimum atomic E-state index is -0.161. The van der Waals surface area contributed by atoms with Gasteiger partial charge in [-0.05, 0) is 37.2 Å². The number of hydrogen-bond donors (Lipinski definition) is 3. The average molecular weight is 291 g/mol. The van der Waals surface area contributed by atoms with Crippen molar-refractivity contribution in [2.24, 2.45) is 11.8 Å². The second-order valence-electron chi connectivity index (χ2n) is 5.29. The standard InChI is InChI=1S/C15H21N3O3/c1-9(11-7-16-8-11)15(20)18-13-6-12(17-10(2)19)4-5-14(13)21-3/h4-6,9,11,16H,7-8H2,1-3H3,(H,17,19)(H,18,20). The first kappa shape index (κ1) is 15.3. The molecule has 6 nitrogen and oxygen atoms in total. The average Bonchev–Trinajstić information content (AvgIpc) is 2.36. The molecule has 0 bridgehead atoms. The Labute approximate surface area is 124 Å². The summed E-state index contributed by atoms with van der Waals surface area (Å²) in [7, 11) is 1.54. The maximum Gasteiger partial charge on any atom is 0.227 e. The van der Waals surface area contributed by atoms with Gasteiger partial charge in [0.2, 0.25) is 11.8 Å². The van der Waals surface area contributed by atoms with E-state index in [0.717, 1.165) is 13.1 Å². The molecule has 1 saturated heterocycles. The van der Waals surface area contributed by atoms with Crippen molar-refractivity contribution in [1.29, 1.82) is 0 Å². The van der Waals surface area contributed by atoms with Gasteiger partial charge in [-0.2, -0.15) is 0 Å². The van der Waals surface area contributed by atoms with Gasteiger partial charge in [-0.15, -0.1) is 0 Å². The van der Waals surface area contributed by atoms with E-state index in [2.05, 4.69) is 16.0 Å². The van der Waals surface area contributed by atoms with Crippen LogP contribution in [0, 0.1) is 11.8 Å². The van der Waals surface area contributed by atoms with Crippen molar-refractivity contribution in [1.82, 2.24) is 5.32 Å². The van der Waals surface area contributed by atoms with Crippen LogP contribution in [0.15, 0.2) is 18.2 Å². The molecule has 1 aliphatic rings. The number of carbonyl (C=O) groups is 2. The highest BCUT2D eigenvalue weighted by Crippen LogP contribution is 2.29. The summed E-state index contributed by atoms with van der Waals surface area (Å²) in [6.45, 7) is 5.11. The Morgan fingerprint density at radius 3 is 2.57 bits per heavy atom. The molecule has 1 fully saturated rings. The van der Waals surface area contributed by atoms with E-state index < -0.39 is 0 Å². The van der Waals surface area contributed by atoms with Gasteiger partial charge in [-0.1, -0.05) is 6.92 Å². The van der Waals surface area contributed by atoms with Crippen molar-refractivity contribution in [3.05, 3.63) is 18.2 Å². The molecule has 6 heteroatoms. The second kappa shape index (κ2) is 6.58. The van der Waals surface area contributed by atoms with E-state index in [1.807, 2.05) is 6.92 Å². The van der Waals surface area contributed by atoms with Gasteiger partial charge in [0.1, 0.15) is 5.75 Å². The topological polar surface area (TPSA) is 79.5 Å². The number of amides is 2. The van der Waals surface area contributed by atoms with E-state index in [-0.39, 0.29) is 17.7 Å². The molecule has 0 spiro atoms. The number of benzene rings is 1. The zero-order valence-corrected chi connectivity index (χ0v) is 12.5. The quantitative estimate of drug-likeness (QED) is 0.767. The fraction of sp³-hybridized carbons (Fsp3) is 0.467. The van der Waals surface area contributed by atoms with Crippen LogP contribution < -0.4 is 20.7 Å². The van der Waals surface area contributed by atoms with Gasteiger partial charge >= 0.3 is 0 Å². The summed E-state index contributed by atoms with van der Waals surface area (Å²) in [6, 6.07) is 5.15. The largest absolute Gasteiger partial charge is 0.495 e. The molecule has 114 valence electrons. The number of nitrogens with one attached hydrogen (secondary N) is 3. The molecule has 0 aliphatic carbocycles. The maximum atomic E-state index is 12.3. The van der Waals surface area contributed by atoms with Crippen LogP contribution >= 0.6 is 0 Å². The number of anilines is 2. The van der Waals surface area contributed by atoms with Crippen molar-refractivity contribution >= 4 is 23.2 Å². The SMILES string of the molecule is COc1ccc(NC(C)=O)cc1NC(=O)C(C)C1CNC1. The zero-order valence-electron chi connectivity index (χ0n) is 12.5. The van der Waals surface area contributed by atoms with Gasteiger partial charge in [0, 0.05) is 18.5 Å². The maximum absolute atomic E-state index is 12.3. The van der Waals surface area contributed by atoms with Crippen LogP contribution in [-0.4, -0.2) is 32.0 Å². The molecular formula is C15H21N3O3. The Balaban J connectivity index is 2.12. The van der Waals surface area contributed by atoms with Crippen molar-refractivity contribution in [3.63, 3.8) is 0 Å². The summed E-state index contributed by atoms with van der Waals surface area (Å²) in [6.07, 6.45) is 0. The van der Waals surface area contributed by atoms with Gasteiger partial charge in [-0.3, -0.25) is 9.59 Å². The van der Waals surface area contributed by atoms with Crippen LogP contribution in [0.1, 0.15) is 13.8 Å². The summed E-state index contributed by atoms with van der Waals surface area (Å²) in [4.78, 5) is 23.4. The normalized spacial score (nSPS) is 15.8. The summed E-state index contributed by atoms with van der Waals surface area (Å²) in [5, 5.41) is 8.73. The fourth-order valence-corrected chi connectivity index (χ4v) is 2.21. The Bertz CT molecular complexity index is 541. The lowest BCUT2D eigenvalue weighted by molar-refractivity contribution is -0.121. The minimum absolute atomic E-state index is 0.0419. The van der Waals surface area contributed by atoms with Gasteiger partial charge in [-0.25, -0.2) is 0 Å². The van der Waals surface area contributed by atoms with Gasteiger partial charge in [0.15, 0.2) is 0 Å². The molecule has 1 aromatic carbocycles. The highest BCUT2D eigenvalue weighted by molar-refractivity contribution is 5.96. The van der Waals surface area contributed by atoms with E-state index in [9.17, 15) is 9.59 Å². The van der Waals surface area contributed by atoms with Crippen molar-refractivity contribution < 1.29 is 14.3 Å². The summed E-state index contributed by atoms with van der Waals surface area (Å²) in [5.74, 6) is 0.664. The highest BCUT2D eigenvalue weighted by Gasteiger charge is 2.29. The molecule has 0 radical (unpaired) electrons. The van der Waals surface area contributed by atoms with Crippen LogP contribution in [0.2, 0.25) is 0 Å². The lowest BCUT2D eigenvalue weighted by Gasteiger charge is -2.31. The van der Waals surface area contributed by atoms with Crippen molar-refractivity contribution in [2.45, 2.75) is 13.8 Å². The summed E-state index contributed by atoms with van der Waals surface area (Å²) < 4.78 is 5.25. The molecule has 1 aliphatic heterocycles. The van der Waals surface area contributed by atoms with Gasteiger partial charge in [0.05, 0.1) is 12.8 Å². The van der Waals surface area contributed by atoms with Crippen LogP contribution in [0.4, 0.5) is 11.4 Å². The van der Waals surface area contributed by atoms with E-state index in [4.69, 9.17) is 4.74 Å². The fourth-order valence-electron chi connectivity index (χ4n) is 2.21. The number of ether oxygens (including phenoxy) is 1. The smallest absolute Gasteiger partial charge is 0.227 e. The molecule has 1 aromatic rings. The first-order chi connectivity index (χ1) is 10.0. The second-order valence-corrected chi connectivity index (χ2v) is 5.29.